The predicted octanol–water partition coefficient (Wildman–Crippen LogP) is 3.71. The largest absolute Gasteiger partial charge is 0.331 e. The molecule has 1 heterocycles. The van der Waals surface area contributed by atoms with Gasteiger partial charge < -0.3 is 9.88 Å². The van der Waals surface area contributed by atoms with Crippen LogP contribution in [0.2, 0.25) is 5.02 Å². The van der Waals surface area contributed by atoms with Crippen LogP contribution >= 0.6 is 11.6 Å². The molecule has 0 atom stereocenters. The van der Waals surface area contributed by atoms with Crippen LogP contribution in [0, 0.1) is 11.3 Å². The molecule has 1 aromatic heterocycles. The molecular weight excluding hydrogens is 324 g/mol. The number of nitrogens with one attached hydrogen (secondary N) is 1. The number of halogens is 1. The molecule has 6 heteroatoms. The normalized spacial score (nSPS) is 10.2. The van der Waals surface area contributed by atoms with Gasteiger partial charge >= 0.3 is 0 Å². The van der Waals surface area contributed by atoms with Crippen molar-refractivity contribution in [1.29, 1.82) is 5.26 Å². The number of nitriles is 1. The molecule has 2 aromatic carbocycles. The first kappa shape index (κ1) is 15.8. The Bertz CT molecular complexity index is 909. The van der Waals surface area contributed by atoms with Crippen molar-refractivity contribution < 1.29 is 4.79 Å². The monoisotopic (exact) mass is 336 g/mol. The van der Waals surface area contributed by atoms with E-state index in [9.17, 15) is 4.79 Å². The number of hydrogen-bond acceptors (Lipinski definition) is 3. The van der Waals surface area contributed by atoms with Crippen LogP contribution in [-0.4, -0.2) is 15.5 Å². The topological polar surface area (TPSA) is 70.7 Å². The third kappa shape index (κ3) is 3.80. The molecule has 5 nitrogen and oxygen atoms in total. The van der Waals surface area contributed by atoms with Crippen molar-refractivity contribution in [3.05, 3.63) is 82.8 Å². The van der Waals surface area contributed by atoms with E-state index in [0.717, 1.165) is 5.56 Å². The molecule has 1 N–H and O–H groups in total. The zero-order valence-electron chi connectivity index (χ0n) is 12.6. The first-order chi connectivity index (χ1) is 11.6. The van der Waals surface area contributed by atoms with Crippen molar-refractivity contribution in [3.63, 3.8) is 0 Å². The zero-order valence-corrected chi connectivity index (χ0v) is 13.4. The van der Waals surface area contributed by atoms with E-state index in [1.54, 1.807) is 36.8 Å². The predicted molar refractivity (Wildman–Crippen MR) is 91.9 cm³/mol. The molecule has 1 amide bonds. The van der Waals surface area contributed by atoms with Crippen LogP contribution in [0.25, 0.3) is 0 Å². The van der Waals surface area contributed by atoms with Crippen LogP contribution in [0.3, 0.4) is 0 Å². The Kier molecular flexibility index (Phi) is 4.59. The SMILES string of the molecule is N#Cc1ccc(C(=O)Nc2cn(Cc3cccc(Cl)c3)cn2)cc1. The lowest BCUT2D eigenvalue weighted by Gasteiger charge is -2.03. The summed E-state index contributed by atoms with van der Waals surface area (Å²) in [6, 6.07) is 16.0. The van der Waals surface area contributed by atoms with Crippen LogP contribution in [0.4, 0.5) is 5.82 Å². The maximum absolute atomic E-state index is 12.2. The zero-order chi connectivity index (χ0) is 16.9. The van der Waals surface area contributed by atoms with Crippen molar-refractivity contribution in [2.45, 2.75) is 6.54 Å². The lowest BCUT2D eigenvalue weighted by atomic mass is 10.1. The quantitative estimate of drug-likeness (QED) is 0.789. The molecule has 0 spiro atoms. The fourth-order valence-electron chi connectivity index (χ4n) is 2.24. The second-order valence-corrected chi connectivity index (χ2v) is 5.64. The smallest absolute Gasteiger partial charge is 0.256 e. The molecule has 0 saturated carbocycles. The highest BCUT2D eigenvalue weighted by Gasteiger charge is 2.08. The van der Waals surface area contributed by atoms with E-state index < -0.39 is 0 Å². The maximum Gasteiger partial charge on any atom is 0.256 e. The Hall–Kier alpha value is -3.10. The highest BCUT2D eigenvalue weighted by atomic mass is 35.5. The van der Waals surface area contributed by atoms with E-state index in [4.69, 9.17) is 16.9 Å². The van der Waals surface area contributed by atoms with Crippen LogP contribution in [0.5, 0.6) is 0 Å². The van der Waals surface area contributed by atoms with Crippen molar-refractivity contribution in [2.75, 3.05) is 5.32 Å². The molecule has 0 radical (unpaired) electrons. The molecule has 0 bridgehead atoms. The summed E-state index contributed by atoms with van der Waals surface area (Å²) in [6.45, 7) is 0.611. The van der Waals surface area contributed by atoms with Crippen molar-refractivity contribution in [2.24, 2.45) is 0 Å². The van der Waals surface area contributed by atoms with Crippen LogP contribution < -0.4 is 5.32 Å². The average Bonchev–Trinajstić information content (AvgIpc) is 3.02. The van der Waals surface area contributed by atoms with E-state index in [0.29, 0.717) is 28.5 Å². The van der Waals surface area contributed by atoms with E-state index in [-0.39, 0.29) is 5.91 Å². The second kappa shape index (κ2) is 6.99. The van der Waals surface area contributed by atoms with E-state index in [1.807, 2.05) is 34.9 Å². The molecule has 0 saturated heterocycles. The molecule has 118 valence electrons. The van der Waals surface area contributed by atoms with Crippen LogP contribution in [-0.2, 0) is 6.54 Å². The number of nitrogens with zero attached hydrogens (tertiary/aromatic N) is 3. The number of rotatable bonds is 4. The fraction of sp³-hybridized carbons (Fsp3) is 0.0556. The summed E-state index contributed by atoms with van der Waals surface area (Å²) in [6.07, 6.45) is 3.40. The van der Waals surface area contributed by atoms with Crippen molar-refractivity contribution in [1.82, 2.24) is 9.55 Å². The van der Waals surface area contributed by atoms with Gasteiger partial charge in [-0.2, -0.15) is 5.26 Å². The summed E-state index contributed by atoms with van der Waals surface area (Å²) in [4.78, 5) is 16.3. The fourth-order valence-corrected chi connectivity index (χ4v) is 2.45. The first-order valence-electron chi connectivity index (χ1n) is 7.22. The summed E-state index contributed by atoms with van der Waals surface area (Å²) >= 11 is 5.97. The minimum Gasteiger partial charge on any atom is -0.331 e. The number of benzene rings is 2. The Labute approximate surface area is 144 Å². The van der Waals surface area contributed by atoms with Gasteiger partial charge in [0.05, 0.1) is 18.0 Å². The molecular formula is C18H13ClN4O. The molecule has 0 unspecified atom stereocenters. The lowest BCUT2D eigenvalue weighted by Crippen LogP contribution is -2.12. The van der Waals surface area contributed by atoms with Gasteiger partial charge in [0.25, 0.3) is 5.91 Å². The highest BCUT2D eigenvalue weighted by molar-refractivity contribution is 6.30. The summed E-state index contributed by atoms with van der Waals surface area (Å²) < 4.78 is 1.86. The van der Waals surface area contributed by atoms with Gasteiger partial charge in [0.2, 0.25) is 0 Å². The minimum atomic E-state index is -0.271. The van der Waals surface area contributed by atoms with Gasteiger partial charge in [-0.15, -0.1) is 0 Å². The molecule has 24 heavy (non-hydrogen) atoms. The molecule has 0 aliphatic heterocycles. The van der Waals surface area contributed by atoms with E-state index in [2.05, 4.69) is 10.3 Å². The Morgan fingerprint density at radius 2 is 2.04 bits per heavy atom. The summed E-state index contributed by atoms with van der Waals surface area (Å²) in [7, 11) is 0. The Balaban J connectivity index is 1.67. The van der Waals surface area contributed by atoms with Crippen LogP contribution in [0.15, 0.2) is 61.1 Å². The number of imidazole rings is 1. The van der Waals surface area contributed by atoms with Crippen LogP contribution in [0.1, 0.15) is 21.5 Å². The van der Waals surface area contributed by atoms with Gasteiger partial charge in [0, 0.05) is 23.3 Å². The summed E-state index contributed by atoms with van der Waals surface area (Å²) in [5, 5.41) is 12.2. The van der Waals surface area contributed by atoms with Gasteiger partial charge in [-0.05, 0) is 42.0 Å². The summed E-state index contributed by atoms with van der Waals surface area (Å²) in [5.74, 6) is 0.193. The molecule has 0 aliphatic carbocycles. The van der Waals surface area contributed by atoms with Gasteiger partial charge in [0.15, 0.2) is 5.82 Å². The average molecular weight is 337 g/mol. The molecule has 0 aliphatic rings. The van der Waals surface area contributed by atoms with Crippen molar-refractivity contribution >= 4 is 23.3 Å². The number of anilines is 1. The third-order valence-electron chi connectivity index (χ3n) is 3.41. The lowest BCUT2D eigenvalue weighted by molar-refractivity contribution is 0.102. The molecule has 3 rings (SSSR count). The minimum absolute atomic E-state index is 0.271. The van der Waals surface area contributed by atoms with Gasteiger partial charge in [-0.3, -0.25) is 4.79 Å². The molecule has 0 fully saturated rings. The maximum atomic E-state index is 12.2. The third-order valence-corrected chi connectivity index (χ3v) is 3.64. The standard InChI is InChI=1S/C18H13ClN4O/c19-16-3-1-2-14(8-16)10-23-11-17(21-12-23)22-18(24)15-6-4-13(9-20)5-7-15/h1-8,11-12H,10H2,(H,22,24). The Morgan fingerprint density at radius 1 is 1.25 bits per heavy atom. The highest BCUT2D eigenvalue weighted by Crippen LogP contribution is 2.13. The number of hydrogen-bond donors (Lipinski definition) is 1. The Morgan fingerprint density at radius 3 is 2.75 bits per heavy atom. The first-order valence-corrected chi connectivity index (χ1v) is 7.59. The van der Waals surface area contributed by atoms with Crippen molar-refractivity contribution in [3.8, 4) is 6.07 Å². The van der Waals surface area contributed by atoms with Gasteiger partial charge in [0.1, 0.15) is 0 Å². The second-order valence-electron chi connectivity index (χ2n) is 5.20. The number of carbonyl (C=O) groups excluding carboxylic acids is 1. The van der Waals surface area contributed by atoms with Gasteiger partial charge in [-0.25, -0.2) is 4.98 Å². The number of carbonyl (C=O) groups is 1. The van der Waals surface area contributed by atoms with E-state index in [1.165, 1.54) is 0 Å². The molecule has 3 aromatic rings. The van der Waals surface area contributed by atoms with Gasteiger partial charge in [-0.1, -0.05) is 23.7 Å². The summed E-state index contributed by atoms with van der Waals surface area (Å²) in [5.41, 5.74) is 2.03. The van der Waals surface area contributed by atoms with E-state index >= 15 is 0 Å². The number of amides is 1. The number of aromatic nitrogens is 2.